The molecule has 1 N–H and O–H groups in total. The van der Waals surface area contributed by atoms with Crippen LogP contribution in [0.5, 0.6) is 5.75 Å². The number of rotatable bonds is 7. The molecular formula is C28H22Cl2N2O5. The van der Waals surface area contributed by atoms with Crippen LogP contribution in [0.3, 0.4) is 0 Å². The van der Waals surface area contributed by atoms with Crippen LogP contribution in [0.25, 0.3) is 22.2 Å². The van der Waals surface area contributed by atoms with Crippen molar-refractivity contribution in [1.29, 1.82) is 0 Å². The average molecular weight is 537 g/mol. The molecule has 7 nitrogen and oxygen atoms in total. The Bertz CT molecular complexity index is 1490. The fraction of sp³-hybridized carbons (Fsp3) is 0.143. The SMILES string of the molecule is COC(=O)C(Cc1ccc2nc(-c3c(Cl)cccc3Cl)ccc2c1)NC(=O)c1ccccc1OC(C)=O. The number of nitrogens with one attached hydrogen (secondary N) is 1. The Morgan fingerprint density at radius 2 is 1.68 bits per heavy atom. The molecule has 1 heterocycles. The zero-order valence-corrected chi connectivity index (χ0v) is 21.5. The van der Waals surface area contributed by atoms with Gasteiger partial charge in [0.25, 0.3) is 5.91 Å². The third-order valence-electron chi connectivity index (χ3n) is 5.59. The number of benzene rings is 3. The van der Waals surface area contributed by atoms with Crippen LogP contribution in [0.1, 0.15) is 22.8 Å². The first-order chi connectivity index (χ1) is 17.8. The summed E-state index contributed by atoms with van der Waals surface area (Å²) >= 11 is 12.7. The molecule has 0 saturated heterocycles. The summed E-state index contributed by atoms with van der Waals surface area (Å²) < 4.78 is 10.0. The van der Waals surface area contributed by atoms with Gasteiger partial charge in [0, 0.05) is 24.3 Å². The van der Waals surface area contributed by atoms with Crippen LogP contribution in [0, 0.1) is 0 Å². The van der Waals surface area contributed by atoms with Gasteiger partial charge >= 0.3 is 11.9 Å². The van der Waals surface area contributed by atoms with E-state index in [0.29, 0.717) is 26.8 Å². The van der Waals surface area contributed by atoms with Crippen LogP contribution in [-0.4, -0.2) is 36.0 Å². The van der Waals surface area contributed by atoms with E-state index in [1.54, 1.807) is 30.3 Å². The van der Waals surface area contributed by atoms with Gasteiger partial charge in [0.15, 0.2) is 0 Å². The number of carbonyl (C=O) groups is 3. The minimum Gasteiger partial charge on any atom is -0.467 e. The zero-order chi connectivity index (χ0) is 26.5. The third-order valence-corrected chi connectivity index (χ3v) is 6.22. The molecule has 0 saturated carbocycles. The molecule has 37 heavy (non-hydrogen) atoms. The minimum absolute atomic E-state index is 0.0994. The lowest BCUT2D eigenvalue weighted by atomic mass is 10.0. The monoisotopic (exact) mass is 536 g/mol. The highest BCUT2D eigenvalue weighted by Crippen LogP contribution is 2.34. The van der Waals surface area contributed by atoms with Crippen LogP contribution >= 0.6 is 23.2 Å². The molecule has 0 aliphatic heterocycles. The molecule has 9 heteroatoms. The number of amides is 1. The van der Waals surface area contributed by atoms with Crippen LogP contribution in [0.2, 0.25) is 10.0 Å². The van der Waals surface area contributed by atoms with Crippen molar-refractivity contribution >= 4 is 52.0 Å². The fourth-order valence-corrected chi connectivity index (χ4v) is 4.48. The first kappa shape index (κ1) is 26.1. The normalized spacial score (nSPS) is 11.6. The van der Waals surface area contributed by atoms with Crippen LogP contribution in [-0.2, 0) is 20.7 Å². The van der Waals surface area contributed by atoms with Crippen molar-refractivity contribution in [2.45, 2.75) is 19.4 Å². The van der Waals surface area contributed by atoms with E-state index in [0.717, 1.165) is 10.9 Å². The molecule has 1 aromatic heterocycles. The van der Waals surface area contributed by atoms with E-state index in [1.165, 1.54) is 26.2 Å². The smallest absolute Gasteiger partial charge is 0.328 e. The van der Waals surface area contributed by atoms with Crippen molar-refractivity contribution in [3.63, 3.8) is 0 Å². The number of methoxy groups -OCH3 is 1. The summed E-state index contributed by atoms with van der Waals surface area (Å²) in [5.74, 6) is -1.65. The molecule has 1 amide bonds. The topological polar surface area (TPSA) is 94.6 Å². The highest BCUT2D eigenvalue weighted by atomic mass is 35.5. The second-order valence-electron chi connectivity index (χ2n) is 8.16. The number of para-hydroxylation sites is 1. The van der Waals surface area contributed by atoms with Crippen LogP contribution in [0.4, 0.5) is 0 Å². The van der Waals surface area contributed by atoms with Crippen molar-refractivity contribution in [3.05, 3.63) is 94.0 Å². The lowest BCUT2D eigenvalue weighted by Crippen LogP contribution is -2.43. The lowest BCUT2D eigenvalue weighted by Gasteiger charge is -2.18. The molecule has 0 fully saturated rings. The maximum Gasteiger partial charge on any atom is 0.328 e. The van der Waals surface area contributed by atoms with Crippen molar-refractivity contribution in [2.24, 2.45) is 0 Å². The predicted molar refractivity (Wildman–Crippen MR) is 142 cm³/mol. The van der Waals surface area contributed by atoms with E-state index in [-0.39, 0.29) is 17.7 Å². The van der Waals surface area contributed by atoms with Gasteiger partial charge in [0.05, 0.1) is 33.9 Å². The average Bonchev–Trinajstić information content (AvgIpc) is 2.87. The van der Waals surface area contributed by atoms with E-state index in [9.17, 15) is 14.4 Å². The second-order valence-corrected chi connectivity index (χ2v) is 8.98. The second kappa shape index (κ2) is 11.4. The number of aromatic nitrogens is 1. The fourth-order valence-electron chi connectivity index (χ4n) is 3.89. The summed E-state index contributed by atoms with van der Waals surface area (Å²) in [6.07, 6.45) is 0.169. The molecular weight excluding hydrogens is 515 g/mol. The molecule has 0 radical (unpaired) electrons. The minimum atomic E-state index is -0.977. The Labute approximate surface area is 223 Å². The summed E-state index contributed by atoms with van der Waals surface area (Å²) in [5.41, 5.74) is 2.91. The van der Waals surface area contributed by atoms with Crippen LogP contribution in [0.15, 0.2) is 72.8 Å². The zero-order valence-electron chi connectivity index (χ0n) is 20.0. The van der Waals surface area contributed by atoms with Gasteiger partial charge in [0.1, 0.15) is 11.8 Å². The Balaban J connectivity index is 1.58. The number of ether oxygens (including phenoxy) is 2. The van der Waals surface area contributed by atoms with Gasteiger partial charge in [0.2, 0.25) is 0 Å². The van der Waals surface area contributed by atoms with Gasteiger partial charge in [-0.15, -0.1) is 0 Å². The Morgan fingerprint density at radius 1 is 0.946 bits per heavy atom. The van der Waals surface area contributed by atoms with Gasteiger partial charge < -0.3 is 14.8 Å². The Kier molecular flexibility index (Phi) is 8.06. The van der Waals surface area contributed by atoms with Crippen molar-refractivity contribution in [1.82, 2.24) is 10.3 Å². The van der Waals surface area contributed by atoms with Gasteiger partial charge in [-0.05, 0) is 48.0 Å². The van der Waals surface area contributed by atoms with E-state index >= 15 is 0 Å². The molecule has 1 atom stereocenters. The van der Waals surface area contributed by atoms with E-state index in [1.807, 2.05) is 30.3 Å². The van der Waals surface area contributed by atoms with Crippen molar-refractivity contribution < 1.29 is 23.9 Å². The standard InChI is InChI=1S/C28H22Cl2N2O5/c1-16(33)37-25-9-4-3-6-19(25)27(34)32-24(28(35)36-2)15-17-10-12-22-18(14-17)11-13-23(31-22)26-20(29)7-5-8-21(26)30/h3-14,24H,15H2,1-2H3,(H,32,34). The number of hydrogen-bond acceptors (Lipinski definition) is 6. The molecule has 0 spiro atoms. The summed E-state index contributed by atoms with van der Waals surface area (Å²) in [7, 11) is 1.25. The molecule has 188 valence electrons. The maximum atomic E-state index is 13.0. The number of pyridine rings is 1. The summed E-state index contributed by atoms with van der Waals surface area (Å²) in [5, 5.41) is 4.53. The first-order valence-corrected chi connectivity index (χ1v) is 12.0. The van der Waals surface area contributed by atoms with E-state index in [4.69, 9.17) is 32.7 Å². The Hall–Kier alpha value is -3.94. The Morgan fingerprint density at radius 3 is 2.38 bits per heavy atom. The van der Waals surface area contributed by atoms with Gasteiger partial charge in [-0.3, -0.25) is 9.59 Å². The number of carbonyl (C=O) groups excluding carboxylic acids is 3. The van der Waals surface area contributed by atoms with Crippen molar-refractivity contribution in [2.75, 3.05) is 7.11 Å². The molecule has 4 rings (SSSR count). The predicted octanol–water partition coefficient (Wildman–Crippen LogP) is 5.65. The van der Waals surface area contributed by atoms with E-state index < -0.39 is 23.9 Å². The highest BCUT2D eigenvalue weighted by molar-refractivity contribution is 6.39. The van der Waals surface area contributed by atoms with Gasteiger partial charge in [-0.1, -0.05) is 53.5 Å². The summed E-state index contributed by atoms with van der Waals surface area (Å²) in [4.78, 5) is 41.6. The molecule has 3 aromatic carbocycles. The summed E-state index contributed by atoms with van der Waals surface area (Å²) in [6, 6.07) is 19.8. The molecule has 0 bridgehead atoms. The highest BCUT2D eigenvalue weighted by Gasteiger charge is 2.24. The summed E-state index contributed by atoms with van der Waals surface area (Å²) in [6.45, 7) is 1.24. The largest absolute Gasteiger partial charge is 0.467 e. The number of nitrogens with zero attached hydrogens (tertiary/aromatic N) is 1. The number of hydrogen-bond donors (Lipinski definition) is 1. The third kappa shape index (κ3) is 6.07. The first-order valence-electron chi connectivity index (χ1n) is 11.3. The van der Waals surface area contributed by atoms with E-state index in [2.05, 4.69) is 10.3 Å². The number of halogens is 2. The number of esters is 2. The number of fused-ring (bicyclic) bond motifs is 1. The van der Waals surface area contributed by atoms with Crippen LogP contribution < -0.4 is 10.1 Å². The molecule has 0 aliphatic rings. The van der Waals surface area contributed by atoms with Gasteiger partial charge in [-0.2, -0.15) is 0 Å². The quantitative estimate of drug-likeness (QED) is 0.242. The molecule has 1 unspecified atom stereocenters. The molecule has 0 aliphatic carbocycles. The maximum absolute atomic E-state index is 13.0. The molecule has 4 aromatic rings. The van der Waals surface area contributed by atoms with Crippen molar-refractivity contribution in [3.8, 4) is 17.0 Å². The van der Waals surface area contributed by atoms with Gasteiger partial charge in [-0.25, -0.2) is 9.78 Å². The lowest BCUT2D eigenvalue weighted by molar-refractivity contribution is -0.142.